The Morgan fingerprint density at radius 2 is 2.06 bits per heavy atom. The molecule has 0 bridgehead atoms. The smallest absolute Gasteiger partial charge is 0.234 e. The van der Waals surface area contributed by atoms with E-state index < -0.39 is 23.2 Å². The van der Waals surface area contributed by atoms with Crippen molar-refractivity contribution in [2.45, 2.75) is 18.6 Å². The van der Waals surface area contributed by atoms with E-state index in [2.05, 4.69) is 5.32 Å². The molecule has 1 rings (SSSR count). The quantitative estimate of drug-likeness (QED) is 0.837. The number of carbonyl (C=O) groups excluding carboxylic acids is 1. The second kappa shape index (κ2) is 7.33. The molecule has 0 aromatic heterocycles. The highest BCUT2D eigenvalue weighted by atomic mass is 32.2. The van der Waals surface area contributed by atoms with E-state index in [0.29, 0.717) is 6.54 Å². The molecule has 100 valence electrons. The minimum Gasteiger partial charge on any atom is -0.330 e. The highest BCUT2D eigenvalue weighted by Crippen LogP contribution is 2.19. The van der Waals surface area contributed by atoms with Crippen LogP contribution in [0.1, 0.15) is 13.3 Å². The number of amides is 1. The lowest BCUT2D eigenvalue weighted by molar-refractivity contribution is -0.113. The van der Waals surface area contributed by atoms with Crippen molar-refractivity contribution in [1.82, 2.24) is 0 Å². The number of nitrogens with two attached hydrogens (primary N) is 1. The molecule has 1 aromatic carbocycles. The molecule has 0 saturated heterocycles. The standard InChI is InChI=1S/C12H16F2N2OS/c1-8(5-6-15)18-7-11(17)16-12-9(13)3-2-4-10(12)14/h2-4,8H,5-7,15H2,1H3,(H,16,17). The molecular formula is C12H16F2N2OS. The van der Waals surface area contributed by atoms with Gasteiger partial charge < -0.3 is 11.1 Å². The van der Waals surface area contributed by atoms with Crippen molar-refractivity contribution < 1.29 is 13.6 Å². The van der Waals surface area contributed by atoms with Crippen LogP contribution in [0.25, 0.3) is 0 Å². The van der Waals surface area contributed by atoms with Crippen LogP contribution in [-0.2, 0) is 4.79 Å². The van der Waals surface area contributed by atoms with Gasteiger partial charge in [-0.3, -0.25) is 4.79 Å². The molecule has 3 nitrogen and oxygen atoms in total. The number of thioether (sulfide) groups is 1. The summed E-state index contributed by atoms with van der Waals surface area (Å²) < 4.78 is 26.5. The van der Waals surface area contributed by atoms with Crippen molar-refractivity contribution in [3.63, 3.8) is 0 Å². The summed E-state index contributed by atoms with van der Waals surface area (Å²) in [6.45, 7) is 2.51. The lowest BCUT2D eigenvalue weighted by Gasteiger charge is -2.10. The zero-order valence-electron chi connectivity index (χ0n) is 10.1. The zero-order valence-corrected chi connectivity index (χ0v) is 10.9. The summed E-state index contributed by atoms with van der Waals surface area (Å²) >= 11 is 1.40. The van der Waals surface area contributed by atoms with Crippen LogP contribution in [0.3, 0.4) is 0 Å². The number of para-hydroxylation sites is 1. The molecule has 0 saturated carbocycles. The van der Waals surface area contributed by atoms with Crippen LogP contribution in [0.5, 0.6) is 0 Å². The topological polar surface area (TPSA) is 55.1 Å². The van der Waals surface area contributed by atoms with Crippen LogP contribution in [0, 0.1) is 11.6 Å². The van der Waals surface area contributed by atoms with E-state index in [-0.39, 0.29) is 11.0 Å². The maximum Gasteiger partial charge on any atom is 0.234 e. The number of halogens is 2. The highest BCUT2D eigenvalue weighted by Gasteiger charge is 2.12. The second-order valence-corrected chi connectivity index (χ2v) is 5.27. The summed E-state index contributed by atoms with van der Waals surface area (Å²) in [4.78, 5) is 11.5. The fourth-order valence-electron chi connectivity index (χ4n) is 1.33. The maximum absolute atomic E-state index is 13.3. The van der Waals surface area contributed by atoms with Crippen molar-refractivity contribution in [2.24, 2.45) is 5.73 Å². The van der Waals surface area contributed by atoms with Crippen molar-refractivity contribution in [1.29, 1.82) is 0 Å². The Morgan fingerprint density at radius 1 is 1.44 bits per heavy atom. The van der Waals surface area contributed by atoms with Crippen LogP contribution in [-0.4, -0.2) is 23.5 Å². The lowest BCUT2D eigenvalue weighted by Crippen LogP contribution is -2.18. The Kier molecular flexibility index (Phi) is 6.07. The van der Waals surface area contributed by atoms with E-state index in [1.165, 1.54) is 17.8 Å². The minimum absolute atomic E-state index is 0.148. The van der Waals surface area contributed by atoms with Gasteiger partial charge in [0, 0.05) is 5.25 Å². The van der Waals surface area contributed by atoms with E-state index in [1.807, 2.05) is 6.92 Å². The van der Waals surface area contributed by atoms with Crippen LogP contribution in [0.4, 0.5) is 14.5 Å². The van der Waals surface area contributed by atoms with Gasteiger partial charge in [0.2, 0.25) is 5.91 Å². The van der Waals surface area contributed by atoms with Crippen molar-refractivity contribution >= 4 is 23.4 Å². The largest absolute Gasteiger partial charge is 0.330 e. The molecule has 0 radical (unpaired) electrons. The number of hydrogen-bond donors (Lipinski definition) is 2. The third-order valence-corrected chi connectivity index (χ3v) is 3.53. The maximum atomic E-state index is 13.3. The molecule has 1 atom stereocenters. The zero-order chi connectivity index (χ0) is 13.5. The number of nitrogens with one attached hydrogen (secondary N) is 1. The monoisotopic (exact) mass is 274 g/mol. The number of anilines is 1. The molecule has 3 N–H and O–H groups in total. The third kappa shape index (κ3) is 4.62. The lowest BCUT2D eigenvalue weighted by atomic mass is 10.3. The fourth-order valence-corrected chi connectivity index (χ4v) is 2.14. The molecule has 1 aromatic rings. The molecular weight excluding hydrogens is 258 g/mol. The first-order valence-corrected chi connectivity index (χ1v) is 6.65. The summed E-state index contributed by atoms with van der Waals surface area (Å²) in [5, 5.41) is 2.48. The first kappa shape index (κ1) is 14.9. The van der Waals surface area contributed by atoms with E-state index in [1.54, 1.807) is 0 Å². The van der Waals surface area contributed by atoms with E-state index in [4.69, 9.17) is 5.73 Å². The normalized spacial score (nSPS) is 12.2. The van der Waals surface area contributed by atoms with Gasteiger partial charge in [-0.25, -0.2) is 8.78 Å². The Bertz CT molecular complexity index is 395. The molecule has 0 heterocycles. The Morgan fingerprint density at radius 3 is 2.61 bits per heavy atom. The van der Waals surface area contributed by atoms with Gasteiger partial charge in [-0.1, -0.05) is 13.0 Å². The van der Waals surface area contributed by atoms with Gasteiger partial charge in [-0.15, -0.1) is 11.8 Å². The molecule has 0 spiro atoms. The first-order valence-electron chi connectivity index (χ1n) is 5.60. The average molecular weight is 274 g/mol. The average Bonchev–Trinajstić information content (AvgIpc) is 2.32. The summed E-state index contributed by atoms with van der Waals surface area (Å²) in [5.41, 5.74) is 4.99. The molecule has 6 heteroatoms. The van der Waals surface area contributed by atoms with Crippen molar-refractivity contribution in [3.8, 4) is 0 Å². The molecule has 0 fully saturated rings. The van der Waals surface area contributed by atoms with Gasteiger partial charge in [0.1, 0.15) is 17.3 Å². The summed E-state index contributed by atoms with van der Waals surface area (Å²) in [5.74, 6) is -1.82. The van der Waals surface area contributed by atoms with Crippen molar-refractivity contribution in [2.75, 3.05) is 17.6 Å². The first-order chi connectivity index (χ1) is 8.54. The Balaban J connectivity index is 2.50. The predicted molar refractivity (Wildman–Crippen MR) is 70.6 cm³/mol. The molecule has 1 unspecified atom stereocenters. The van der Waals surface area contributed by atoms with E-state index in [9.17, 15) is 13.6 Å². The van der Waals surface area contributed by atoms with Gasteiger partial charge in [0.15, 0.2) is 0 Å². The van der Waals surface area contributed by atoms with Gasteiger partial charge >= 0.3 is 0 Å². The molecule has 0 aliphatic carbocycles. The van der Waals surface area contributed by atoms with E-state index >= 15 is 0 Å². The molecule has 18 heavy (non-hydrogen) atoms. The summed E-state index contributed by atoms with van der Waals surface area (Å²) in [7, 11) is 0. The molecule has 1 amide bonds. The van der Waals surface area contributed by atoms with Gasteiger partial charge in [-0.2, -0.15) is 0 Å². The fraction of sp³-hybridized carbons (Fsp3) is 0.417. The van der Waals surface area contributed by atoms with Gasteiger partial charge in [-0.05, 0) is 25.1 Å². The Labute approximate surface area is 109 Å². The third-order valence-electron chi connectivity index (χ3n) is 2.30. The predicted octanol–water partition coefficient (Wildman–Crippen LogP) is 2.37. The minimum atomic E-state index is -0.775. The Hall–Kier alpha value is -1.14. The second-order valence-electron chi connectivity index (χ2n) is 3.84. The van der Waals surface area contributed by atoms with E-state index in [0.717, 1.165) is 18.6 Å². The van der Waals surface area contributed by atoms with Crippen LogP contribution in [0.2, 0.25) is 0 Å². The summed E-state index contributed by atoms with van der Waals surface area (Å²) in [6.07, 6.45) is 0.798. The SMILES string of the molecule is CC(CCN)SCC(=O)Nc1c(F)cccc1F. The van der Waals surface area contributed by atoms with Crippen LogP contribution >= 0.6 is 11.8 Å². The highest BCUT2D eigenvalue weighted by molar-refractivity contribution is 8.00. The van der Waals surface area contributed by atoms with Gasteiger partial charge in [0.25, 0.3) is 0 Å². The number of hydrogen-bond acceptors (Lipinski definition) is 3. The van der Waals surface area contributed by atoms with Crippen LogP contribution < -0.4 is 11.1 Å². The van der Waals surface area contributed by atoms with Gasteiger partial charge in [0.05, 0.1) is 5.75 Å². The number of carbonyl (C=O) groups is 1. The molecule has 0 aliphatic heterocycles. The number of benzene rings is 1. The molecule has 0 aliphatic rings. The number of rotatable bonds is 6. The summed E-state index contributed by atoms with van der Waals surface area (Å²) in [6, 6.07) is 3.45. The van der Waals surface area contributed by atoms with Crippen LogP contribution in [0.15, 0.2) is 18.2 Å². The van der Waals surface area contributed by atoms with Crippen molar-refractivity contribution in [3.05, 3.63) is 29.8 Å².